The number of ketones is 1. The monoisotopic (exact) mass is 216 g/mol. The highest BCUT2D eigenvalue weighted by Crippen LogP contribution is 2.26. The lowest BCUT2D eigenvalue weighted by molar-refractivity contribution is -0.126. The largest absolute Gasteiger partial charge is 0.315 e. The molecule has 2 atom stereocenters. The van der Waals surface area contributed by atoms with Crippen LogP contribution in [0.3, 0.4) is 0 Å². The van der Waals surface area contributed by atoms with E-state index in [1.54, 1.807) is 24.3 Å². The van der Waals surface area contributed by atoms with E-state index in [1.165, 1.54) is 0 Å². The van der Waals surface area contributed by atoms with Crippen LogP contribution in [0, 0.1) is 0 Å². The first-order chi connectivity index (χ1) is 7.57. The van der Waals surface area contributed by atoms with Gasteiger partial charge in [0.15, 0.2) is 5.78 Å². The fraction of sp³-hybridized carbons (Fsp3) is 0.308. The zero-order valence-corrected chi connectivity index (χ0v) is 9.10. The van der Waals surface area contributed by atoms with Crippen LogP contribution in [0.4, 0.5) is 0 Å². The Morgan fingerprint density at radius 3 is 1.62 bits per heavy atom. The van der Waals surface area contributed by atoms with E-state index in [0.29, 0.717) is 12.8 Å². The van der Waals surface area contributed by atoms with Crippen LogP contribution in [0.5, 0.6) is 0 Å². The minimum Gasteiger partial charge on any atom is -0.315 e. The van der Waals surface area contributed by atoms with Crippen LogP contribution in [0.1, 0.15) is 12.8 Å². The van der Waals surface area contributed by atoms with Crippen LogP contribution in [-0.2, 0) is 4.79 Å². The Hall–Kier alpha value is -1.45. The Balaban J connectivity index is 2.25. The first-order valence-corrected chi connectivity index (χ1v) is 5.38. The topological polar surface area (TPSA) is 69.1 Å². The Bertz CT molecular complexity index is 382. The summed E-state index contributed by atoms with van der Waals surface area (Å²) in [5.74, 6) is -0.124. The number of allylic oxidation sites excluding steroid dienone is 4. The van der Waals surface area contributed by atoms with Crippen molar-refractivity contribution in [3.05, 3.63) is 48.6 Å². The Morgan fingerprint density at radius 2 is 1.31 bits per heavy atom. The first kappa shape index (κ1) is 11.0. The van der Waals surface area contributed by atoms with Gasteiger partial charge in [-0.05, 0) is 12.8 Å². The van der Waals surface area contributed by atoms with Crippen molar-refractivity contribution in [3.63, 3.8) is 0 Å². The summed E-state index contributed by atoms with van der Waals surface area (Å²) in [6, 6.07) is 0. The molecule has 2 rings (SSSR count). The molecule has 84 valence electrons. The average molecular weight is 216 g/mol. The molecule has 0 radical (unpaired) electrons. The van der Waals surface area contributed by atoms with Gasteiger partial charge in [-0.25, -0.2) is 0 Å². The van der Waals surface area contributed by atoms with Gasteiger partial charge in [-0.3, -0.25) is 4.79 Å². The van der Waals surface area contributed by atoms with Crippen molar-refractivity contribution in [1.82, 2.24) is 0 Å². The standard InChI is InChI=1S/C13H16N2O/c14-12(7-3-1-4-8-12)11(16)13(15)9-5-2-6-10-13/h1-7,9H,8,10,14-15H2. The van der Waals surface area contributed by atoms with E-state index < -0.39 is 11.1 Å². The smallest absolute Gasteiger partial charge is 0.180 e. The van der Waals surface area contributed by atoms with E-state index in [-0.39, 0.29) is 5.78 Å². The van der Waals surface area contributed by atoms with Gasteiger partial charge < -0.3 is 11.5 Å². The number of hydrogen-bond donors (Lipinski definition) is 2. The highest BCUT2D eigenvalue weighted by molar-refractivity contribution is 6.00. The molecule has 0 amide bonds. The second kappa shape index (κ2) is 3.85. The predicted octanol–water partition coefficient (Wildman–Crippen LogP) is 0.983. The summed E-state index contributed by atoms with van der Waals surface area (Å²) in [6.07, 6.45) is 15.6. The Morgan fingerprint density at radius 1 is 0.875 bits per heavy atom. The fourth-order valence-electron chi connectivity index (χ4n) is 2.04. The normalized spacial score (nSPS) is 36.6. The summed E-state index contributed by atoms with van der Waals surface area (Å²) in [5, 5.41) is 0. The molecule has 0 fully saturated rings. The van der Waals surface area contributed by atoms with E-state index in [4.69, 9.17) is 11.5 Å². The van der Waals surface area contributed by atoms with Crippen LogP contribution < -0.4 is 11.5 Å². The molecule has 2 aliphatic carbocycles. The number of carbonyl (C=O) groups is 1. The lowest BCUT2D eigenvalue weighted by atomic mass is 9.75. The van der Waals surface area contributed by atoms with Gasteiger partial charge in [0.2, 0.25) is 0 Å². The summed E-state index contributed by atoms with van der Waals surface area (Å²) in [6.45, 7) is 0. The minimum absolute atomic E-state index is 0.124. The molecule has 0 bridgehead atoms. The molecule has 0 saturated carbocycles. The van der Waals surface area contributed by atoms with E-state index in [0.717, 1.165) is 0 Å². The maximum atomic E-state index is 12.4. The van der Waals surface area contributed by atoms with Gasteiger partial charge in [0.25, 0.3) is 0 Å². The summed E-state index contributed by atoms with van der Waals surface area (Å²) in [4.78, 5) is 12.4. The van der Waals surface area contributed by atoms with Crippen molar-refractivity contribution in [2.45, 2.75) is 23.9 Å². The van der Waals surface area contributed by atoms with Crippen LogP contribution in [0.15, 0.2) is 48.6 Å². The molecule has 0 heterocycles. The van der Waals surface area contributed by atoms with Crippen LogP contribution in [-0.4, -0.2) is 16.9 Å². The predicted molar refractivity (Wildman–Crippen MR) is 64.6 cm³/mol. The van der Waals surface area contributed by atoms with Gasteiger partial charge in [0.1, 0.15) is 0 Å². The third-order valence-corrected chi connectivity index (χ3v) is 3.04. The van der Waals surface area contributed by atoms with Crippen molar-refractivity contribution in [3.8, 4) is 0 Å². The van der Waals surface area contributed by atoms with E-state index in [9.17, 15) is 4.79 Å². The van der Waals surface area contributed by atoms with Gasteiger partial charge in [-0.1, -0.05) is 48.6 Å². The molecule has 0 saturated heterocycles. The highest BCUT2D eigenvalue weighted by atomic mass is 16.1. The van der Waals surface area contributed by atoms with E-state index in [1.807, 2.05) is 24.3 Å². The van der Waals surface area contributed by atoms with Gasteiger partial charge in [0, 0.05) is 0 Å². The van der Waals surface area contributed by atoms with Gasteiger partial charge in [-0.2, -0.15) is 0 Å². The average Bonchev–Trinajstić information content (AvgIpc) is 2.30. The maximum Gasteiger partial charge on any atom is 0.180 e. The first-order valence-electron chi connectivity index (χ1n) is 5.38. The molecule has 0 aromatic rings. The number of nitrogens with two attached hydrogens (primary N) is 2. The molecule has 2 unspecified atom stereocenters. The molecule has 0 aromatic carbocycles. The highest BCUT2D eigenvalue weighted by Gasteiger charge is 2.42. The Kier molecular flexibility index (Phi) is 2.66. The Labute approximate surface area is 95.2 Å². The van der Waals surface area contributed by atoms with Crippen LogP contribution in [0.2, 0.25) is 0 Å². The number of Topliss-reactive ketones (excluding diaryl/α,β-unsaturated/α-hetero) is 1. The zero-order chi connectivity index (χ0) is 11.6. The van der Waals surface area contributed by atoms with Crippen molar-refractivity contribution in [2.75, 3.05) is 0 Å². The zero-order valence-electron chi connectivity index (χ0n) is 9.10. The molecule has 4 N–H and O–H groups in total. The van der Waals surface area contributed by atoms with Crippen molar-refractivity contribution in [2.24, 2.45) is 11.5 Å². The van der Waals surface area contributed by atoms with Gasteiger partial charge >= 0.3 is 0 Å². The summed E-state index contributed by atoms with van der Waals surface area (Å²) in [7, 11) is 0. The van der Waals surface area contributed by atoms with Crippen molar-refractivity contribution in [1.29, 1.82) is 0 Å². The number of carbonyl (C=O) groups excluding carboxylic acids is 1. The van der Waals surface area contributed by atoms with Crippen molar-refractivity contribution >= 4 is 5.78 Å². The van der Waals surface area contributed by atoms with E-state index >= 15 is 0 Å². The molecule has 16 heavy (non-hydrogen) atoms. The van der Waals surface area contributed by atoms with Crippen LogP contribution in [0.25, 0.3) is 0 Å². The quantitative estimate of drug-likeness (QED) is 0.723. The summed E-state index contributed by atoms with van der Waals surface area (Å²) < 4.78 is 0. The summed E-state index contributed by atoms with van der Waals surface area (Å²) >= 11 is 0. The second-order valence-electron chi connectivity index (χ2n) is 4.39. The molecule has 3 heteroatoms. The van der Waals surface area contributed by atoms with Gasteiger partial charge in [0.05, 0.1) is 11.1 Å². The molecule has 2 aliphatic rings. The van der Waals surface area contributed by atoms with Crippen LogP contribution >= 0.6 is 0 Å². The third-order valence-electron chi connectivity index (χ3n) is 3.04. The second-order valence-corrected chi connectivity index (χ2v) is 4.39. The lowest BCUT2D eigenvalue weighted by Crippen LogP contribution is -2.60. The molecular formula is C13H16N2O. The number of hydrogen-bond acceptors (Lipinski definition) is 3. The third kappa shape index (κ3) is 1.79. The SMILES string of the molecule is NC1(C(=O)C2(N)C=CC=CC2)C=CC=CC1. The summed E-state index contributed by atoms with van der Waals surface area (Å²) in [5.41, 5.74) is 10.3. The lowest BCUT2D eigenvalue weighted by Gasteiger charge is -2.34. The molecule has 0 aromatic heterocycles. The molecule has 0 spiro atoms. The van der Waals surface area contributed by atoms with E-state index in [2.05, 4.69) is 0 Å². The molecule has 0 aliphatic heterocycles. The maximum absolute atomic E-state index is 12.4. The van der Waals surface area contributed by atoms with Gasteiger partial charge in [-0.15, -0.1) is 0 Å². The van der Waals surface area contributed by atoms with Crippen molar-refractivity contribution < 1.29 is 4.79 Å². The molecular weight excluding hydrogens is 200 g/mol. The number of rotatable bonds is 2. The fourth-order valence-corrected chi connectivity index (χ4v) is 2.04. The minimum atomic E-state index is -0.959. The molecule has 3 nitrogen and oxygen atoms in total.